The number of benzene rings is 1. The van der Waals surface area contributed by atoms with E-state index in [1.807, 2.05) is 0 Å². The van der Waals surface area contributed by atoms with Crippen LogP contribution >= 0.6 is 0 Å². The number of hydrogen-bond acceptors (Lipinski definition) is 7. The van der Waals surface area contributed by atoms with Crippen molar-refractivity contribution in [1.82, 2.24) is 5.32 Å². The molecule has 0 fully saturated rings. The predicted octanol–water partition coefficient (Wildman–Crippen LogP) is 1.59. The number of methoxy groups -OCH3 is 1. The van der Waals surface area contributed by atoms with Crippen molar-refractivity contribution < 1.29 is 24.4 Å². The number of non-ortho nitro benzene ring substituents is 1. The fourth-order valence-electron chi connectivity index (χ4n) is 2.68. The van der Waals surface area contributed by atoms with Gasteiger partial charge in [0.1, 0.15) is 11.8 Å². The van der Waals surface area contributed by atoms with E-state index in [1.165, 1.54) is 31.2 Å². The van der Waals surface area contributed by atoms with Crippen LogP contribution in [0.3, 0.4) is 0 Å². The van der Waals surface area contributed by atoms with Gasteiger partial charge in [-0.1, -0.05) is 12.1 Å². The van der Waals surface area contributed by atoms with E-state index in [9.17, 15) is 30.1 Å². The molecular formula is C16H13N3O6. The number of rotatable bonds is 4. The monoisotopic (exact) mass is 343 g/mol. The van der Waals surface area contributed by atoms with Gasteiger partial charge < -0.3 is 15.2 Å². The summed E-state index contributed by atoms with van der Waals surface area (Å²) in [5.41, 5.74) is -0.478. The van der Waals surface area contributed by atoms with Gasteiger partial charge in [0.05, 0.1) is 29.1 Å². The molecular weight excluding hydrogens is 330 g/mol. The molecule has 1 aromatic rings. The Bertz CT molecular complexity index is 878. The van der Waals surface area contributed by atoms with Crippen molar-refractivity contribution in [3.05, 3.63) is 62.5 Å². The first-order valence-corrected chi connectivity index (χ1v) is 6.99. The minimum absolute atomic E-state index is 0.160. The molecule has 0 spiro atoms. The van der Waals surface area contributed by atoms with Crippen LogP contribution in [0.5, 0.6) is 0 Å². The molecule has 1 aliphatic heterocycles. The Balaban J connectivity index is 2.78. The van der Waals surface area contributed by atoms with Gasteiger partial charge >= 0.3 is 11.9 Å². The molecule has 0 saturated heterocycles. The van der Waals surface area contributed by atoms with Crippen molar-refractivity contribution in [2.24, 2.45) is 0 Å². The van der Waals surface area contributed by atoms with E-state index in [-0.39, 0.29) is 33.8 Å². The SMILES string of the molecule is COC(=O)C1=C(C#N)NC(C)=C(C(=O)O)[C@H]1c1cccc([N+](=O)[O-])c1. The van der Waals surface area contributed by atoms with Crippen LogP contribution in [0.2, 0.25) is 0 Å². The topological polar surface area (TPSA) is 143 Å². The van der Waals surface area contributed by atoms with Crippen LogP contribution in [0.15, 0.2) is 46.8 Å². The Morgan fingerprint density at radius 3 is 2.60 bits per heavy atom. The van der Waals surface area contributed by atoms with Crippen molar-refractivity contribution >= 4 is 17.6 Å². The first-order valence-electron chi connectivity index (χ1n) is 6.99. The van der Waals surface area contributed by atoms with Crippen LogP contribution < -0.4 is 5.32 Å². The molecule has 0 amide bonds. The zero-order valence-electron chi connectivity index (χ0n) is 13.3. The lowest BCUT2D eigenvalue weighted by atomic mass is 9.80. The molecule has 2 N–H and O–H groups in total. The summed E-state index contributed by atoms with van der Waals surface area (Å²) in [5, 5.41) is 32.5. The summed E-state index contributed by atoms with van der Waals surface area (Å²) in [6.45, 7) is 1.44. The Hall–Kier alpha value is -3.67. The van der Waals surface area contributed by atoms with E-state index in [0.717, 1.165) is 7.11 Å². The van der Waals surface area contributed by atoms with Crippen LogP contribution in [0.1, 0.15) is 18.4 Å². The van der Waals surface area contributed by atoms with Gasteiger partial charge in [-0.15, -0.1) is 0 Å². The van der Waals surface area contributed by atoms with Gasteiger partial charge in [-0.3, -0.25) is 10.1 Å². The van der Waals surface area contributed by atoms with E-state index in [2.05, 4.69) is 10.1 Å². The van der Waals surface area contributed by atoms with Gasteiger partial charge in [0.15, 0.2) is 0 Å². The number of nitro benzene ring substituents is 1. The lowest BCUT2D eigenvalue weighted by Crippen LogP contribution is -2.32. The van der Waals surface area contributed by atoms with Gasteiger partial charge in [-0.05, 0) is 12.5 Å². The van der Waals surface area contributed by atoms with Gasteiger partial charge in [-0.25, -0.2) is 9.59 Å². The van der Waals surface area contributed by atoms with Crippen molar-refractivity contribution in [3.63, 3.8) is 0 Å². The molecule has 0 bridgehead atoms. The Morgan fingerprint density at radius 2 is 2.08 bits per heavy atom. The minimum atomic E-state index is -1.32. The van der Waals surface area contributed by atoms with Crippen LogP contribution in [0.25, 0.3) is 0 Å². The number of nitriles is 1. The Labute approximate surface area is 142 Å². The molecule has 0 unspecified atom stereocenters. The summed E-state index contributed by atoms with van der Waals surface area (Å²) in [5.74, 6) is -3.40. The van der Waals surface area contributed by atoms with E-state index >= 15 is 0 Å². The molecule has 128 valence electrons. The van der Waals surface area contributed by atoms with E-state index in [0.29, 0.717) is 0 Å². The third-order valence-corrected chi connectivity index (χ3v) is 3.73. The maximum atomic E-state index is 12.2. The Morgan fingerprint density at radius 1 is 1.40 bits per heavy atom. The molecule has 0 aliphatic carbocycles. The maximum Gasteiger partial charge on any atom is 0.337 e. The lowest BCUT2D eigenvalue weighted by molar-refractivity contribution is -0.384. The fraction of sp³-hybridized carbons (Fsp3) is 0.188. The third-order valence-electron chi connectivity index (χ3n) is 3.73. The summed E-state index contributed by atoms with van der Waals surface area (Å²) >= 11 is 0. The zero-order valence-corrected chi connectivity index (χ0v) is 13.3. The van der Waals surface area contributed by atoms with E-state index < -0.39 is 22.8 Å². The number of carboxylic acid groups (broad SMARTS) is 1. The number of nitrogens with zero attached hydrogens (tertiary/aromatic N) is 2. The highest BCUT2D eigenvalue weighted by Gasteiger charge is 2.38. The first kappa shape index (κ1) is 17.7. The molecule has 9 heteroatoms. The van der Waals surface area contributed by atoms with Gasteiger partial charge in [0.25, 0.3) is 5.69 Å². The number of esters is 1. The van der Waals surface area contributed by atoms with Crippen molar-refractivity contribution in [2.45, 2.75) is 12.8 Å². The molecule has 1 aromatic carbocycles. The molecule has 0 radical (unpaired) electrons. The number of carbonyl (C=O) groups excluding carboxylic acids is 1. The summed E-state index contributed by atoms with van der Waals surface area (Å²) < 4.78 is 4.68. The zero-order chi connectivity index (χ0) is 18.7. The average Bonchev–Trinajstić information content (AvgIpc) is 2.59. The van der Waals surface area contributed by atoms with Crippen molar-refractivity contribution in [1.29, 1.82) is 5.26 Å². The quantitative estimate of drug-likeness (QED) is 0.476. The standard InChI is InChI=1S/C16H13N3O6/c1-8-12(15(20)21)13(9-4-3-5-10(6-9)19(23)24)14(16(22)25-2)11(7-17)18-8/h3-6,13,18H,1-2H3,(H,20,21)/t13-/m1/s1. The number of carbonyl (C=O) groups is 2. The smallest absolute Gasteiger partial charge is 0.337 e. The number of ether oxygens (including phenoxy) is 1. The molecule has 1 heterocycles. The van der Waals surface area contributed by atoms with Crippen LogP contribution in [-0.2, 0) is 14.3 Å². The molecule has 0 saturated carbocycles. The molecule has 0 aromatic heterocycles. The second-order valence-electron chi connectivity index (χ2n) is 5.15. The predicted molar refractivity (Wildman–Crippen MR) is 84.0 cm³/mol. The number of hydrogen-bond donors (Lipinski definition) is 2. The van der Waals surface area contributed by atoms with Crippen molar-refractivity contribution in [3.8, 4) is 6.07 Å². The second-order valence-corrected chi connectivity index (χ2v) is 5.15. The van der Waals surface area contributed by atoms with Gasteiger partial charge in [0.2, 0.25) is 0 Å². The van der Waals surface area contributed by atoms with E-state index in [4.69, 9.17) is 0 Å². The molecule has 25 heavy (non-hydrogen) atoms. The number of aliphatic carboxylic acids is 1. The second kappa shape index (κ2) is 6.84. The van der Waals surface area contributed by atoms with Crippen LogP contribution in [-0.4, -0.2) is 29.1 Å². The number of dihydropyridines is 1. The molecule has 1 atom stereocenters. The Kier molecular flexibility index (Phi) is 4.84. The molecule has 9 nitrogen and oxygen atoms in total. The number of carboxylic acids is 1. The van der Waals surface area contributed by atoms with E-state index in [1.54, 1.807) is 6.07 Å². The highest BCUT2D eigenvalue weighted by atomic mass is 16.6. The summed E-state index contributed by atoms with van der Waals surface area (Å²) in [6, 6.07) is 7.05. The summed E-state index contributed by atoms with van der Waals surface area (Å²) in [6.07, 6.45) is 0. The average molecular weight is 343 g/mol. The molecule has 2 rings (SSSR count). The lowest BCUT2D eigenvalue weighted by Gasteiger charge is -2.28. The van der Waals surface area contributed by atoms with Gasteiger partial charge in [-0.2, -0.15) is 5.26 Å². The third kappa shape index (κ3) is 3.18. The highest BCUT2D eigenvalue weighted by Crippen LogP contribution is 2.39. The van der Waals surface area contributed by atoms with Crippen LogP contribution in [0.4, 0.5) is 5.69 Å². The highest BCUT2D eigenvalue weighted by molar-refractivity contribution is 5.99. The summed E-state index contributed by atoms with van der Waals surface area (Å²) in [4.78, 5) is 34.3. The first-order chi connectivity index (χ1) is 11.8. The van der Waals surface area contributed by atoms with Crippen molar-refractivity contribution in [2.75, 3.05) is 7.11 Å². The largest absolute Gasteiger partial charge is 0.478 e. The fourth-order valence-corrected chi connectivity index (χ4v) is 2.68. The minimum Gasteiger partial charge on any atom is -0.478 e. The summed E-state index contributed by atoms with van der Waals surface area (Å²) in [7, 11) is 1.10. The molecule has 1 aliphatic rings. The van der Waals surface area contributed by atoms with Crippen LogP contribution in [0, 0.1) is 21.4 Å². The number of allylic oxidation sites excluding steroid dienone is 2. The van der Waals surface area contributed by atoms with Gasteiger partial charge in [0, 0.05) is 17.8 Å². The normalized spacial score (nSPS) is 16.8. The number of nitro groups is 1. The number of nitrogens with one attached hydrogen (secondary N) is 1. The maximum absolute atomic E-state index is 12.2.